The molecule has 0 saturated carbocycles. The molecule has 0 spiro atoms. The number of halogens is 1. The number of hydrogen-bond donors (Lipinski definition) is 0. The van der Waals surface area contributed by atoms with Crippen LogP contribution in [0.4, 0.5) is 5.69 Å². The Morgan fingerprint density at radius 3 is 2.65 bits per heavy atom. The quantitative estimate of drug-likeness (QED) is 0.864. The highest BCUT2D eigenvalue weighted by Gasteiger charge is 2.17. The van der Waals surface area contributed by atoms with Crippen molar-refractivity contribution in [1.82, 2.24) is 14.9 Å². The van der Waals surface area contributed by atoms with Crippen LogP contribution in [0, 0.1) is 0 Å². The van der Waals surface area contributed by atoms with Crippen molar-refractivity contribution >= 4 is 21.6 Å². The third-order valence-electron chi connectivity index (χ3n) is 3.54. The molecule has 0 radical (unpaired) electrons. The summed E-state index contributed by atoms with van der Waals surface area (Å²) in [4.78, 5) is 13.5. The minimum Gasteiger partial charge on any atom is -0.368 e. The van der Waals surface area contributed by atoms with E-state index in [9.17, 15) is 0 Å². The fourth-order valence-electron chi connectivity index (χ4n) is 2.46. The highest BCUT2D eigenvalue weighted by Crippen LogP contribution is 2.20. The molecule has 0 bridgehead atoms. The van der Waals surface area contributed by atoms with Gasteiger partial charge >= 0.3 is 0 Å². The Bertz CT molecular complexity index is 553. The second-order valence-electron chi connectivity index (χ2n) is 4.95. The predicted octanol–water partition coefficient (Wildman–Crippen LogP) is 2.56. The van der Waals surface area contributed by atoms with Crippen LogP contribution in [-0.2, 0) is 6.54 Å². The molecule has 1 fully saturated rings. The summed E-state index contributed by atoms with van der Waals surface area (Å²) in [6.45, 7) is 5.12. The molecule has 2 aromatic rings. The van der Waals surface area contributed by atoms with Crippen molar-refractivity contribution in [3.8, 4) is 0 Å². The monoisotopic (exact) mass is 332 g/mol. The van der Waals surface area contributed by atoms with Gasteiger partial charge in [-0.25, -0.2) is 0 Å². The molecule has 0 unspecified atom stereocenters. The number of piperazine rings is 1. The largest absolute Gasteiger partial charge is 0.368 e. The highest BCUT2D eigenvalue weighted by molar-refractivity contribution is 9.10. The van der Waals surface area contributed by atoms with Crippen molar-refractivity contribution in [2.75, 3.05) is 31.1 Å². The summed E-state index contributed by atoms with van der Waals surface area (Å²) in [5.41, 5.74) is 2.34. The number of nitrogens with zero attached hydrogens (tertiary/aromatic N) is 4. The number of hydrogen-bond acceptors (Lipinski definition) is 4. The molecule has 2 aromatic heterocycles. The van der Waals surface area contributed by atoms with E-state index in [1.165, 1.54) is 5.69 Å². The summed E-state index contributed by atoms with van der Waals surface area (Å²) in [5, 5.41) is 0. The van der Waals surface area contributed by atoms with E-state index in [4.69, 9.17) is 0 Å². The summed E-state index contributed by atoms with van der Waals surface area (Å²) in [6.07, 6.45) is 5.61. The lowest BCUT2D eigenvalue weighted by Crippen LogP contribution is -2.46. The SMILES string of the molecule is Brc1cncc(N2CCN(Cc3ccccn3)CC2)c1. The van der Waals surface area contributed by atoms with Crippen molar-refractivity contribution in [1.29, 1.82) is 0 Å². The van der Waals surface area contributed by atoms with Gasteiger partial charge in [0.25, 0.3) is 0 Å². The van der Waals surface area contributed by atoms with Crippen molar-refractivity contribution in [2.24, 2.45) is 0 Å². The van der Waals surface area contributed by atoms with E-state index in [0.29, 0.717) is 0 Å². The van der Waals surface area contributed by atoms with Crippen molar-refractivity contribution < 1.29 is 0 Å². The molecular weight excluding hydrogens is 316 g/mol. The molecule has 20 heavy (non-hydrogen) atoms. The van der Waals surface area contributed by atoms with Gasteiger partial charge in [-0.05, 0) is 34.1 Å². The van der Waals surface area contributed by atoms with Gasteiger partial charge in [0.2, 0.25) is 0 Å². The van der Waals surface area contributed by atoms with E-state index in [0.717, 1.165) is 42.9 Å². The number of aromatic nitrogens is 2. The Labute approximate surface area is 127 Å². The number of pyridine rings is 2. The summed E-state index contributed by atoms with van der Waals surface area (Å²) in [5.74, 6) is 0. The van der Waals surface area contributed by atoms with Crippen LogP contribution in [0.15, 0.2) is 47.3 Å². The molecule has 104 valence electrons. The first-order chi connectivity index (χ1) is 9.81. The average molecular weight is 333 g/mol. The van der Waals surface area contributed by atoms with Gasteiger partial charge < -0.3 is 4.90 Å². The molecule has 3 heterocycles. The fourth-order valence-corrected chi connectivity index (χ4v) is 2.81. The Morgan fingerprint density at radius 1 is 1.10 bits per heavy atom. The lowest BCUT2D eigenvalue weighted by Gasteiger charge is -2.35. The Kier molecular flexibility index (Phi) is 4.28. The first-order valence-corrected chi connectivity index (χ1v) is 7.58. The molecule has 3 rings (SSSR count). The minimum absolute atomic E-state index is 0.936. The van der Waals surface area contributed by atoms with Gasteiger partial charge in [0.1, 0.15) is 0 Å². The Hall–Kier alpha value is -1.46. The average Bonchev–Trinajstić information content (AvgIpc) is 2.49. The summed E-state index contributed by atoms with van der Waals surface area (Å²) >= 11 is 3.48. The molecule has 1 saturated heterocycles. The molecule has 0 amide bonds. The summed E-state index contributed by atoms with van der Waals surface area (Å²) < 4.78 is 1.03. The highest BCUT2D eigenvalue weighted by atomic mass is 79.9. The van der Waals surface area contributed by atoms with Gasteiger partial charge in [-0.3, -0.25) is 14.9 Å². The van der Waals surface area contributed by atoms with Gasteiger partial charge in [-0.1, -0.05) is 6.07 Å². The minimum atomic E-state index is 0.936. The first kappa shape index (κ1) is 13.5. The van der Waals surface area contributed by atoms with E-state index >= 15 is 0 Å². The van der Waals surface area contributed by atoms with Crippen LogP contribution in [0.25, 0.3) is 0 Å². The van der Waals surface area contributed by atoms with Gasteiger partial charge in [0.05, 0.1) is 17.6 Å². The van der Waals surface area contributed by atoms with Crippen LogP contribution in [0.2, 0.25) is 0 Å². The van der Waals surface area contributed by atoms with Gasteiger partial charge in [0, 0.05) is 49.6 Å². The third kappa shape index (κ3) is 3.35. The maximum Gasteiger partial charge on any atom is 0.0564 e. The zero-order valence-corrected chi connectivity index (χ0v) is 12.8. The standard InChI is InChI=1S/C15H17BrN4/c16-13-9-15(11-17-10-13)20-7-5-19(6-8-20)12-14-3-1-2-4-18-14/h1-4,9-11H,5-8,12H2. The first-order valence-electron chi connectivity index (χ1n) is 6.79. The van der Waals surface area contributed by atoms with E-state index in [1.54, 1.807) is 0 Å². The molecule has 1 aliphatic heterocycles. The molecule has 0 N–H and O–H groups in total. The lowest BCUT2D eigenvalue weighted by molar-refractivity contribution is 0.247. The molecular formula is C15H17BrN4. The molecule has 4 nitrogen and oxygen atoms in total. The maximum absolute atomic E-state index is 4.39. The van der Waals surface area contributed by atoms with Gasteiger partial charge in [-0.15, -0.1) is 0 Å². The second kappa shape index (κ2) is 6.33. The molecule has 0 aromatic carbocycles. The predicted molar refractivity (Wildman–Crippen MR) is 83.7 cm³/mol. The van der Waals surface area contributed by atoms with Crippen LogP contribution in [0.1, 0.15) is 5.69 Å². The maximum atomic E-state index is 4.39. The van der Waals surface area contributed by atoms with Crippen LogP contribution >= 0.6 is 15.9 Å². The van der Waals surface area contributed by atoms with Crippen molar-refractivity contribution in [2.45, 2.75) is 6.54 Å². The second-order valence-corrected chi connectivity index (χ2v) is 5.86. The lowest BCUT2D eigenvalue weighted by atomic mass is 10.2. The Morgan fingerprint density at radius 2 is 1.95 bits per heavy atom. The van der Waals surface area contributed by atoms with E-state index in [1.807, 2.05) is 30.7 Å². The summed E-state index contributed by atoms with van der Waals surface area (Å²) in [6, 6.07) is 8.22. The Balaban J connectivity index is 1.57. The zero-order valence-electron chi connectivity index (χ0n) is 11.2. The zero-order chi connectivity index (χ0) is 13.8. The normalized spacial score (nSPS) is 16.4. The van der Waals surface area contributed by atoms with Gasteiger partial charge in [-0.2, -0.15) is 0 Å². The van der Waals surface area contributed by atoms with Crippen LogP contribution in [0.3, 0.4) is 0 Å². The molecule has 1 aliphatic rings. The number of rotatable bonds is 3. The van der Waals surface area contributed by atoms with Gasteiger partial charge in [0.15, 0.2) is 0 Å². The molecule has 5 heteroatoms. The number of anilines is 1. The van der Waals surface area contributed by atoms with E-state index in [-0.39, 0.29) is 0 Å². The van der Waals surface area contributed by atoms with Crippen LogP contribution < -0.4 is 4.90 Å². The van der Waals surface area contributed by atoms with Crippen molar-refractivity contribution in [3.63, 3.8) is 0 Å². The van der Waals surface area contributed by atoms with Crippen molar-refractivity contribution in [3.05, 3.63) is 53.0 Å². The fraction of sp³-hybridized carbons (Fsp3) is 0.333. The van der Waals surface area contributed by atoms with E-state index in [2.05, 4.69) is 47.8 Å². The molecule has 0 aliphatic carbocycles. The third-order valence-corrected chi connectivity index (χ3v) is 3.97. The smallest absolute Gasteiger partial charge is 0.0564 e. The van der Waals surface area contributed by atoms with Crippen LogP contribution in [-0.4, -0.2) is 41.0 Å². The summed E-state index contributed by atoms with van der Waals surface area (Å²) in [7, 11) is 0. The van der Waals surface area contributed by atoms with Crippen LogP contribution in [0.5, 0.6) is 0 Å². The molecule has 0 atom stereocenters. The topological polar surface area (TPSA) is 32.3 Å². The van der Waals surface area contributed by atoms with E-state index < -0.39 is 0 Å².